The minimum Gasteiger partial charge on any atom is -0.485 e. The van der Waals surface area contributed by atoms with E-state index in [2.05, 4.69) is 4.90 Å². The summed E-state index contributed by atoms with van der Waals surface area (Å²) in [5.74, 6) is 1.67. The molecule has 3 fully saturated rings. The van der Waals surface area contributed by atoms with Crippen LogP contribution in [0.5, 0.6) is 11.5 Å². The fourth-order valence-electron chi connectivity index (χ4n) is 4.63. The molecule has 4 aliphatic rings. The zero-order valence-electron chi connectivity index (χ0n) is 14.9. The molecule has 0 N–H and O–H groups in total. The highest BCUT2D eigenvalue weighted by Crippen LogP contribution is 2.44. The van der Waals surface area contributed by atoms with Gasteiger partial charge in [0.05, 0.1) is 0 Å². The fraction of sp³-hybridized carbons (Fsp3) is 0.684. The van der Waals surface area contributed by atoms with E-state index in [1.54, 1.807) is 0 Å². The van der Waals surface area contributed by atoms with Crippen LogP contribution in [-0.2, 0) is 4.79 Å². The molecule has 1 aromatic rings. The third kappa shape index (κ3) is 2.76. The number of piperidine rings is 2. The molecule has 5 rings (SSSR count). The molecule has 2 amide bonds. The van der Waals surface area contributed by atoms with Crippen molar-refractivity contribution in [2.75, 3.05) is 32.8 Å². The predicted molar refractivity (Wildman–Crippen MR) is 96.8 cm³/mol. The van der Waals surface area contributed by atoms with Crippen LogP contribution in [0.15, 0.2) is 5.38 Å². The van der Waals surface area contributed by atoms with Crippen LogP contribution in [0.25, 0.3) is 0 Å². The minimum absolute atomic E-state index is 0.0516. The molecule has 6 nitrogen and oxygen atoms in total. The largest absolute Gasteiger partial charge is 0.485 e. The van der Waals surface area contributed by atoms with Gasteiger partial charge in [-0.3, -0.25) is 9.59 Å². The van der Waals surface area contributed by atoms with Gasteiger partial charge in [-0.1, -0.05) is 0 Å². The maximum Gasteiger partial charge on any atom is 0.267 e. The number of carbonyl (C=O) groups excluding carboxylic acids is 2. The van der Waals surface area contributed by atoms with Crippen LogP contribution in [0.2, 0.25) is 0 Å². The van der Waals surface area contributed by atoms with E-state index in [4.69, 9.17) is 9.47 Å². The van der Waals surface area contributed by atoms with Crippen LogP contribution < -0.4 is 9.47 Å². The lowest BCUT2D eigenvalue weighted by molar-refractivity contribution is -0.139. The van der Waals surface area contributed by atoms with E-state index in [1.165, 1.54) is 11.3 Å². The van der Waals surface area contributed by atoms with Crippen molar-refractivity contribution in [2.24, 2.45) is 5.41 Å². The molecule has 7 heteroatoms. The highest BCUT2D eigenvalue weighted by molar-refractivity contribution is 7.12. The molecular weight excluding hydrogens is 352 g/mol. The average molecular weight is 376 g/mol. The van der Waals surface area contributed by atoms with Gasteiger partial charge in [0.15, 0.2) is 11.5 Å². The summed E-state index contributed by atoms with van der Waals surface area (Å²) >= 11 is 1.41. The van der Waals surface area contributed by atoms with E-state index in [0.717, 1.165) is 51.7 Å². The van der Waals surface area contributed by atoms with Crippen molar-refractivity contribution in [1.82, 2.24) is 9.80 Å². The van der Waals surface area contributed by atoms with E-state index >= 15 is 0 Å². The molecule has 0 unspecified atom stereocenters. The van der Waals surface area contributed by atoms with Gasteiger partial charge in [-0.05, 0) is 32.1 Å². The van der Waals surface area contributed by atoms with Crippen LogP contribution in [0.1, 0.15) is 48.2 Å². The molecule has 0 aromatic carbocycles. The third-order valence-corrected chi connectivity index (χ3v) is 7.05. The van der Waals surface area contributed by atoms with Crippen LogP contribution >= 0.6 is 11.3 Å². The molecule has 0 bridgehead atoms. The number of rotatable bonds is 2. The second-order valence-electron chi connectivity index (χ2n) is 8.04. The molecule has 2 saturated heterocycles. The van der Waals surface area contributed by atoms with Crippen LogP contribution in [0.3, 0.4) is 0 Å². The monoisotopic (exact) mass is 376 g/mol. The normalized spacial score (nSPS) is 28.5. The van der Waals surface area contributed by atoms with Crippen molar-refractivity contribution in [3.8, 4) is 11.5 Å². The van der Waals surface area contributed by atoms with Crippen molar-refractivity contribution in [3.05, 3.63) is 10.3 Å². The third-order valence-electron chi connectivity index (χ3n) is 6.13. The first-order valence-electron chi connectivity index (χ1n) is 9.61. The van der Waals surface area contributed by atoms with Gasteiger partial charge >= 0.3 is 0 Å². The van der Waals surface area contributed by atoms with Crippen molar-refractivity contribution >= 4 is 23.2 Å². The van der Waals surface area contributed by atoms with Gasteiger partial charge in [0.25, 0.3) is 5.91 Å². The molecule has 4 heterocycles. The number of likely N-dealkylation sites (tertiary alicyclic amines) is 2. The molecule has 1 saturated carbocycles. The molecule has 0 radical (unpaired) electrons. The number of nitrogens with zero attached hydrogens (tertiary/aromatic N) is 2. The zero-order valence-corrected chi connectivity index (χ0v) is 15.7. The average Bonchev–Trinajstić information content (AvgIpc) is 3.42. The van der Waals surface area contributed by atoms with E-state index < -0.39 is 0 Å². The number of carbonyl (C=O) groups is 2. The van der Waals surface area contributed by atoms with Crippen molar-refractivity contribution in [1.29, 1.82) is 0 Å². The van der Waals surface area contributed by atoms with Gasteiger partial charge in [0.1, 0.15) is 18.1 Å². The first-order valence-corrected chi connectivity index (χ1v) is 10.5. The Bertz CT molecular complexity index is 744. The Labute approximate surface area is 157 Å². The zero-order chi connectivity index (χ0) is 17.7. The van der Waals surface area contributed by atoms with Gasteiger partial charge in [-0.25, -0.2) is 0 Å². The molecule has 1 aliphatic carbocycles. The number of thiophene rings is 1. The van der Waals surface area contributed by atoms with Crippen molar-refractivity contribution in [3.63, 3.8) is 0 Å². The van der Waals surface area contributed by atoms with E-state index in [-0.39, 0.29) is 11.3 Å². The maximum atomic E-state index is 13.2. The summed E-state index contributed by atoms with van der Waals surface area (Å²) in [6.45, 7) is 3.38. The Hall–Kier alpha value is -1.76. The lowest BCUT2D eigenvalue weighted by Gasteiger charge is -2.48. The summed E-state index contributed by atoms with van der Waals surface area (Å²) in [5.41, 5.74) is 0.0685. The summed E-state index contributed by atoms with van der Waals surface area (Å²) in [6, 6.07) is 0.459. The van der Waals surface area contributed by atoms with Gasteiger partial charge in [0, 0.05) is 42.9 Å². The smallest absolute Gasteiger partial charge is 0.267 e. The summed E-state index contributed by atoms with van der Waals surface area (Å²) in [4.78, 5) is 30.2. The molecule has 1 aromatic heterocycles. The molecule has 3 aliphatic heterocycles. The standard InChI is InChI=1S/C19H24N2O4S/c22-15-4-6-19(12-21(15)13-2-3-13)5-1-7-20(11-19)18(23)17-16-14(10-26-17)24-8-9-25-16/h10,13H,1-9,11-12H2/t19-/m1/s1. The summed E-state index contributed by atoms with van der Waals surface area (Å²) in [6.07, 6.45) is 5.93. The first-order chi connectivity index (χ1) is 12.7. The Balaban J connectivity index is 1.35. The molecule has 1 atom stereocenters. The number of fused-ring (bicyclic) bond motifs is 1. The molecule has 1 spiro atoms. The van der Waals surface area contributed by atoms with Crippen LogP contribution in [0.4, 0.5) is 0 Å². The summed E-state index contributed by atoms with van der Waals surface area (Å²) in [7, 11) is 0. The highest BCUT2D eigenvalue weighted by Gasteiger charge is 2.46. The number of hydrogen-bond donors (Lipinski definition) is 0. The topological polar surface area (TPSA) is 59.1 Å². The second kappa shape index (κ2) is 6.15. The first kappa shape index (κ1) is 16.4. The molecular formula is C19H24N2O4S. The lowest BCUT2D eigenvalue weighted by atomic mass is 9.73. The maximum absolute atomic E-state index is 13.2. The quantitative estimate of drug-likeness (QED) is 0.796. The Morgan fingerprint density at radius 2 is 2.04 bits per heavy atom. The number of amides is 2. The van der Waals surface area contributed by atoms with E-state index in [1.807, 2.05) is 10.3 Å². The Kier molecular flexibility index (Phi) is 3.88. The van der Waals surface area contributed by atoms with Crippen molar-refractivity contribution in [2.45, 2.75) is 44.6 Å². The number of ether oxygens (including phenoxy) is 2. The lowest BCUT2D eigenvalue weighted by Crippen LogP contribution is -2.55. The Morgan fingerprint density at radius 3 is 2.88 bits per heavy atom. The minimum atomic E-state index is 0.0516. The van der Waals surface area contributed by atoms with Gasteiger partial charge in [0.2, 0.25) is 5.91 Å². The Morgan fingerprint density at radius 1 is 1.19 bits per heavy atom. The SMILES string of the molecule is O=C(c1scc2c1OCCO2)N1CCC[C@@]2(CCC(=O)N(C3CC3)C2)C1. The second-order valence-corrected chi connectivity index (χ2v) is 8.92. The van der Waals surface area contributed by atoms with E-state index in [9.17, 15) is 9.59 Å². The van der Waals surface area contributed by atoms with Gasteiger partial charge in [-0.2, -0.15) is 0 Å². The van der Waals surface area contributed by atoms with Crippen molar-refractivity contribution < 1.29 is 19.1 Å². The highest BCUT2D eigenvalue weighted by atomic mass is 32.1. The predicted octanol–water partition coefficient (Wildman–Crippen LogP) is 2.53. The number of hydrogen-bond acceptors (Lipinski definition) is 5. The van der Waals surface area contributed by atoms with Gasteiger partial charge < -0.3 is 19.3 Å². The molecule has 26 heavy (non-hydrogen) atoms. The summed E-state index contributed by atoms with van der Waals surface area (Å²) < 4.78 is 11.3. The van der Waals surface area contributed by atoms with Gasteiger partial charge in [-0.15, -0.1) is 11.3 Å². The van der Waals surface area contributed by atoms with E-state index in [0.29, 0.717) is 48.0 Å². The molecule has 140 valence electrons. The fourth-order valence-corrected chi connectivity index (χ4v) is 5.53. The van der Waals surface area contributed by atoms with Crippen LogP contribution in [0, 0.1) is 5.41 Å². The summed E-state index contributed by atoms with van der Waals surface area (Å²) in [5, 5.41) is 1.87. The van der Waals surface area contributed by atoms with Crippen LogP contribution in [-0.4, -0.2) is 60.5 Å².